The van der Waals surface area contributed by atoms with Crippen LogP contribution in [0.4, 0.5) is 5.82 Å². The topological polar surface area (TPSA) is 86.0 Å². The van der Waals surface area contributed by atoms with Crippen LogP contribution in [-0.2, 0) is 0 Å². The molecule has 0 radical (unpaired) electrons. The van der Waals surface area contributed by atoms with E-state index >= 15 is 0 Å². The van der Waals surface area contributed by atoms with Crippen molar-refractivity contribution >= 4 is 5.82 Å². The van der Waals surface area contributed by atoms with Gasteiger partial charge in [0.05, 0.1) is 12.7 Å². The minimum Gasteiger partial charge on any atom is -0.490 e. The SMILES string of the molecule is CC(C)c1noc(-c2ccnc(NCCOc3cccnc3)c2)n1. The molecule has 0 amide bonds. The largest absolute Gasteiger partial charge is 0.490 e. The number of nitrogens with one attached hydrogen (secondary N) is 1. The monoisotopic (exact) mass is 325 g/mol. The van der Waals surface area contributed by atoms with Gasteiger partial charge in [0.2, 0.25) is 0 Å². The second-order valence-corrected chi connectivity index (χ2v) is 5.51. The molecular formula is C17H19N5O2. The summed E-state index contributed by atoms with van der Waals surface area (Å²) in [6, 6.07) is 7.42. The van der Waals surface area contributed by atoms with Crippen LogP contribution in [0.25, 0.3) is 11.5 Å². The van der Waals surface area contributed by atoms with Gasteiger partial charge in [0.25, 0.3) is 5.89 Å². The third-order valence-electron chi connectivity index (χ3n) is 3.28. The van der Waals surface area contributed by atoms with Crippen LogP contribution in [0.15, 0.2) is 47.4 Å². The van der Waals surface area contributed by atoms with Gasteiger partial charge in [-0.1, -0.05) is 19.0 Å². The zero-order chi connectivity index (χ0) is 16.8. The highest BCUT2D eigenvalue weighted by molar-refractivity contribution is 5.57. The summed E-state index contributed by atoms with van der Waals surface area (Å²) in [6.07, 6.45) is 5.10. The lowest BCUT2D eigenvalue weighted by molar-refractivity contribution is 0.331. The van der Waals surface area contributed by atoms with E-state index in [1.807, 2.05) is 38.1 Å². The summed E-state index contributed by atoms with van der Waals surface area (Å²) in [4.78, 5) is 12.7. The van der Waals surface area contributed by atoms with Crippen LogP contribution in [0.1, 0.15) is 25.6 Å². The van der Waals surface area contributed by atoms with Crippen molar-refractivity contribution in [2.45, 2.75) is 19.8 Å². The third kappa shape index (κ3) is 4.07. The molecule has 0 atom stereocenters. The van der Waals surface area contributed by atoms with Gasteiger partial charge in [-0.2, -0.15) is 4.98 Å². The molecule has 0 aliphatic heterocycles. The van der Waals surface area contributed by atoms with Gasteiger partial charge in [-0.05, 0) is 24.3 Å². The number of nitrogens with zero attached hydrogens (tertiary/aromatic N) is 4. The van der Waals surface area contributed by atoms with Gasteiger partial charge in [-0.15, -0.1) is 0 Å². The van der Waals surface area contributed by atoms with E-state index in [1.54, 1.807) is 18.6 Å². The Labute approximate surface area is 140 Å². The summed E-state index contributed by atoms with van der Waals surface area (Å²) in [7, 11) is 0. The molecule has 0 spiro atoms. The lowest BCUT2D eigenvalue weighted by Crippen LogP contribution is -2.12. The van der Waals surface area contributed by atoms with Crippen molar-refractivity contribution < 1.29 is 9.26 Å². The first-order valence-electron chi connectivity index (χ1n) is 7.79. The van der Waals surface area contributed by atoms with Gasteiger partial charge < -0.3 is 14.6 Å². The molecule has 0 fully saturated rings. The van der Waals surface area contributed by atoms with E-state index in [9.17, 15) is 0 Å². The lowest BCUT2D eigenvalue weighted by Gasteiger charge is -2.08. The zero-order valence-electron chi connectivity index (χ0n) is 13.6. The third-order valence-corrected chi connectivity index (χ3v) is 3.28. The summed E-state index contributed by atoms with van der Waals surface area (Å²) in [5.74, 6) is 2.89. The van der Waals surface area contributed by atoms with E-state index in [0.29, 0.717) is 24.9 Å². The van der Waals surface area contributed by atoms with Crippen LogP contribution in [0.2, 0.25) is 0 Å². The van der Waals surface area contributed by atoms with Crippen LogP contribution in [0, 0.1) is 0 Å². The van der Waals surface area contributed by atoms with Gasteiger partial charge >= 0.3 is 0 Å². The Morgan fingerprint density at radius 3 is 2.92 bits per heavy atom. The fourth-order valence-electron chi connectivity index (χ4n) is 2.03. The summed E-state index contributed by atoms with van der Waals surface area (Å²) in [5.41, 5.74) is 0.833. The molecule has 1 N–H and O–H groups in total. The van der Waals surface area contributed by atoms with Gasteiger partial charge in [-0.3, -0.25) is 4.98 Å². The van der Waals surface area contributed by atoms with E-state index in [1.165, 1.54) is 0 Å². The highest BCUT2D eigenvalue weighted by Crippen LogP contribution is 2.21. The van der Waals surface area contributed by atoms with Crippen LogP contribution in [0.3, 0.4) is 0 Å². The summed E-state index contributed by atoms with van der Waals surface area (Å²) in [5, 5.41) is 7.19. The molecule has 0 aliphatic carbocycles. The van der Waals surface area contributed by atoms with E-state index in [2.05, 4.69) is 25.4 Å². The molecule has 3 heterocycles. The van der Waals surface area contributed by atoms with E-state index in [4.69, 9.17) is 9.26 Å². The van der Waals surface area contributed by atoms with Crippen LogP contribution in [0.5, 0.6) is 5.75 Å². The quantitative estimate of drug-likeness (QED) is 0.668. The van der Waals surface area contributed by atoms with Crippen molar-refractivity contribution in [3.63, 3.8) is 0 Å². The molecule has 24 heavy (non-hydrogen) atoms. The first-order chi connectivity index (χ1) is 11.7. The number of rotatable bonds is 7. The predicted molar refractivity (Wildman–Crippen MR) is 89.8 cm³/mol. The number of hydrogen-bond donors (Lipinski definition) is 1. The van der Waals surface area contributed by atoms with Crippen molar-refractivity contribution in [3.05, 3.63) is 48.7 Å². The predicted octanol–water partition coefficient (Wildman–Crippen LogP) is 3.14. The van der Waals surface area contributed by atoms with Crippen LogP contribution < -0.4 is 10.1 Å². The molecule has 7 nitrogen and oxygen atoms in total. The fourth-order valence-corrected chi connectivity index (χ4v) is 2.03. The molecular weight excluding hydrogens is 306 g/mol. The Hall–Kier alpha value is -2.96. The molecule has 3 aromatic heterocycles. The maximum absolute atomic E-state index is 5.58. The average Bonchev–Trinajstić information content (AvgIpc) is 3.10. The minimum absolute atomic E-state index is 0.228. The number of ether oxygens (including phenoxy) is 1. The van der Waals surface area contributed by atoms with Crippen molar-refractivity contribution in [2.75, 3.05) is 18.5 Å². The van der Waals surface area contributed by atoms with E-state index in [0.717, 1.165) is 17.1 Å². The van der Waals surface area contributed by atoms with Crippen LogP contribution >= 0.6 is 0 Å². The normalized spacial score (nSPS) is 10.8. The van der Waals surface area contributed by atoms with Crippen molar-refractivity contribution in [1.82, 2.24) is 20.1 Å². The van der Waals surface area contributed by atoms with Crippen molar-refractivity contribution in [2.24, 2.45) is 0 Å². The number of pyridine rings is 2. The molecule has 0 aromatic carbocycles. The minimum atomic E-state index is 0.228. The van der Waals surface area contributed by atoms with Gasteiger partial charge in [0.15, 0.2) is 5.82 Å². The Morgan fingerprint density at radius 2 is 2.17 bits per heavy atom. The Morgan fingerprint density at radius 1 is 1.25 bits per heavy atom. The van der Waals surface area contributed by atoms with Crippen LogP contribution in [-0.4, -0.2) is 33.3 Å². The summed E-state index contributed by atoms with van der Waals surface area (Å²) in [6.45, 7) is 5.18. The zero-order valence-corrected chi connectivity index (χ0v) is 13.6. The van der Waals surface area contributed by atoms with Gasteiger partial charge in [0.1, 0.15) is 18.2 Å². The smallest absolute Gasteiger partial charge is 0.258 e. The van der Waals surface area contributed by atoms with E-state index in [-0.39, 0.29) is 5.92 Å². The van der Waals surface area contributed by atoms with E-state index < -0.39 is 0 Å². The first-order valence-corrected chi connectivity index (χ1v) is 7.79. The Balaban J connectivity index is 1.57. The van der Waals surface area contributed by atoms with Crippen molar-refractivity contribution in [3.8, 4) is 17.2 Å². The molecule has 7 heteroatoms. The second kappa shape index (κ2) is 7.54. The molecule has 124 valence electrons. The summed E-state index contributed by atoms with van der Waals surface area (Å²) >= 11 is 0. The number of anilines is 1. The first kappa shape index (κ1) is 15.9. The fraction of sp³-hybridized carbons (Fsp3) is 0.294. The number of aromatic nitrogens is 4. The highest BCUT2D eigenvalue weighted by Gasteiger charge is 2.12. The molecule has 0 unspecified atom stereocenters. The molecule has 0 saturated carbocycles. The highest BCUT2D eigenvalue weighted by atomic mass is 16.5. The average molecular weight is 325 g/mol. The van der Waals surface area contributed by atoms with Crippen molar-refractivity contribution in [1.29, 1.82) is 0 Å². The Bertz CT molecular complexity index is 773. The molecule has 0 aliphatic rings. The standard InChI is InChI=1S/C17H19N5O2/c1-12(2)16-21-17(24-22-16)13-5-7-19-15(10-13)20-8-9-23-14-4-3-6-18-11-14/h3-7,10-12H,8-9H2,1-2H3,(H,19,20). The Kier molecular flexibility index (Phi) is 5.00. The molecule has 3 rings (SSSR count). The number of hydrogen-bond acceptors (Lipinski definition) is 7. The molecule has 0 bridgehead atoms. The summed E-state index contributed by atoms with van der Waals surface area (Å²) < 4.78 is 10.9. The maximum Gasteiger partial charge on any atom is 0.258 e. The van der Waals surface area contributed by atoms with Gasteiger partial charge in [-0.25, -0.2) is 4.98 Å². The second-order valence-electron chi connectivity index (χ2n) is 5.51. The maximum atomic E-state index is 5.58. The molecule has 3 aromatic rings. The lowest BCUT2D eigenvalue weighted by atomic mass is 10.2. The van der Waals surface area contributed by atoms with Gasteiger partial charge in [0, 0.05) is 23.9 Å². The molecule has 0 saturated heterocycles.